The Bertz CT molecular complexity index is 56.9. The number of rotatable bonds is 0. The summed E-state index contributed by atoms with van der Waals surface area (Å²) in [7, 11) is 0. The monoisotopic (exact) mass is 226 g/mol. The van der Waals surface area contributed by atoms with Crippen LogP contribution in [0.1, 0.15) is 25.7 Å². The van der Waals surface area contributed by atoms with Gasteiger partial charge in [-0.25, -0.2) is 0 Å². The van der Waals surface area contributed by atoms with Crippen LogP contribution in [0.2, 0.25) is 0 Å². The van der Waals surface area contributed by atoms with Crippen LogP contribution >= 0.6 is 22.6 Å². The lowest BCUT2D eigenvalue weighted by Crippen LogP contribution is -2.17. The van der Waals surface area contributed by atoms with E-state index in [1.54, 1.807) is 0 Å². The van der Waals surface area contributed by atoms with E-state index in [9.17, 15) is 0 Å². The van der Waals surface area contributed by atoms with Crippen molar-refractivity contribution in [1.29, 1.82) is 0 Å². The molecule has 0 heterocycles. The summed E-state index contributed by atoms with van der Waals surface area (Å²) in [5, 5.41) is 9.02. The van der Waals surface area contributed by atoms with E-state index in [4.69, 9.17) is 5.11 Å². The first kappa shape index (κ1) is 6.81. The molecule has 0 aromatic rings. The Labute approximate surface area is 63.6 Å². The average Bonchev–Trinajstić information content (AvgIpc) is 1.77. The van der Waals surface area contributed by atoms with Gasteiger partial charge in [0.25, 0.3) is 0 Å². The van der Waals surface area contributed by atoms with Gasteiger partial charge in [-0.2, -0.15) is 0 Å². The quantitative estimate of drug-likeness (QED) is 0.492. The van der Waals surface area contributed by atoms with Crippen LogP contribution in [0.3, 0.4) is 0 Å². The highest BCUT2D eigenvalue weighted by molar-refractivity contribution is 14.1. The van der Waals surface area contributed by atoms with Gasteiger partial charge in [-0.05, 0) is 25.7 Å². The fourth-order valence-corrected chi connectivity index (χ4v) is 1.75. The number of halogens is 1. The maximum absolute atomic E-state index is 9.02. The fourth-order valence-electron chi connectivity index (χ4n) is 1.04. The molecule has 0 saturated heterocycles. The lowest BCUT2D eigenvalue weighted by molar-refractivity contribution is 0.134. The van der Waals surface area contributed by atoms with E-state index in [2.05, 4.69) is 22.6 Å². The highest BCUT2D eigenvalue weighted by atomic mass is 127. The molecule has 1 N–H and O–H groups in total. The highest BCUT2D eigenvalue weighted by Gasteiger charge is 2.15. The van der Waals surface area contributed by atoms with Gasteiger partial charge in [-0.1, -0.05) is 22.6 Å². The Morgan fingerprint density at radius 3 is 2.00 bits per heavy atom. The first-order chi connectivity index (χ1) is 3.79. The van der Waals surface area contributed by atoms with Crippen LogP contribution in [-0.4, -0.2) is 15.1 Å². The number of aliphatic hydroxyl groups excluding tert-OH is 1. The number of hydrogen-bond donors (Lipinski definition) is 1. The highest BCUT2D eigenvalue weighted by Crippen LogP contribution is 2.23. The fraction of sp³-hybridized carbons (Fsp3) is 1.00. The van der Waals surface area contributed by atoms with Crippen molar-refractivity contribution in [1.82, 2.24) is 0 Å². The second-order valence-electron chi connectivity index (χ2n) is 2.41. The van der Waals surface area contributed by atoms with Crippen molar-refractivity contribution in [3.05, 3.63) is 0 Å². The zero-order chi connectivity index (χ0) is 5.98. The van der Waals surface area contributed by atoms with Crippen molar-refractivity contribution >= 4 is 22.6 Å². The normalized spacial score (nSPS) is 39.8. The molecule has 0 aromatic carbocycles. The lowest BCUT2D eigenvalue weighted by Gasteiger charge is -2.20. The van der Waals surface area contributed by atoms with E-state index in [-0.39, 0.29) is 6.10 Å². The number of alkyl halides is 1. The molecule has 0 atom stereocenters. The van der Waals surface area contributed by atoms with Gasteiger partial charge in [0.15, 0.2) is 0 Å². The summed E-state index contributed by atoms with van der Waals surface area (Å²) < 4.78 is 0.830. The zero-order valence-electron chi connectivity index (χ0n) is 4.81. The van der Waals surface area contributed by atoms with Gasteiger partial charge < -0.3 is 5.11 Å². The molecule has 48 valence electrons. The van der Waals surface area contributed by atoms with Crippen molar-refractivity contribution in [2.24, 2.45) is 0 Å². The molecule has 1 aliphatic carbocycles. The minimum atomic E-state index is 0.0148. The number of hydrogen-bond acceptors (Lipinski definition) is 1. The summed E-state index contributed by atoms with van der Waals surface area (Å²) in [6.45, 7) is 0. The molecule has 0 unspecified atom stereocenters. The van der Waals surface area contributed by atoms with Crippen molar-refractivity contribution < 1.29 is 5.11 Å². The molecule has 1 nitrogen and oxygen atoms in total. The second kappa shape index (κ2) is 3.01. The Morgan fingerprint density at radius 1 is 1.12 bits per heavy atom. The third-order valence-corrected chi connectivity index (χ3v) is 2.87. The summed E-state index contributed by atoms with van der Waals surface area (Å²) in [6, 6.07) is 0. The Kier molecular flexibility index (Phi) is 2.56. The predicted octanol–water partition coefficient (Wildman–Crippen LogP) is 1.72. The van der Waals surface area contributed by atoms with Crippen molar-refractivity contribution in [2.75, 3.05) is 0 Å². The van der Waals surface area contributed by atoms with Crippen LogP contribution in [0, 0.1) is 0 Å². The molecule has 1 saturated carbocycles. The third-order valence-electron chi connectivity index (χ3n) is 1.63. The minimum Gasteiger partial charge on any atom is -0.393 e. The molecule has 1 rings (SSSR count). The largest absolute Gasteiger partial charge is 0.393 e. The molecule has 2 heteroatoms. The van der Waals surface area contributed by atoms with Crippen molar-refractivity contribution in [2.45, 2.75) is 35.7 Å². The van der Waals surface area contributed by atoms with Crippen LogP contribution in [0.25, 0.3) is 0 Å². The van der Waals surface area contributed by atoms with Crippen LogP contribution in [0.4, 0.5) is 0 Å². The topological polar surface area (TPSA) is 20.2 Å². The van der Waals surface area contributed by atoms with E-state index in [1.165, 1.54) is 12.8 Å². The van der Waals surface area contributed by atoms with Gasteiger partial charge in [0.2, 0.25) is 0 Å². The van der Waals surface area contributed by atoms with Gasteiger partial charge in [-0.3, -0.25) is 0 Å². The Hall–Kier alpha value is 0.690. The Balaban J connectivity index is 2.19. The molecule has 0 radical (unpaired) electrons. The first-order valence-electron chi connectivity index (χ1n) is 3.11. The molecule has 0 bridgehead atoms. The smallest absolute Gasteiger partial charge is 0.0541 e. The maximum atomic E-state index is 9.02. The average molecular weight is 226 g/mol. The third kappa shape index (κ3) is 1.90. The summed E-state index contributed by atoms with van der Waals surface area (Å²) in [6.07, 6.45) is 4.48. The minimum absolute atomic E-state index is 0.0148. The lowest BCUT2D eigenvalue weighted by atomic mass is 9.98. The van der Waals surface area contributed by atoms with Crippen LogP contribution < -0.4 is 0 Å². The molecule has 0 aromatic heterocycles. The van der Waals surface area contributed by atoms with E-state index < -0.39 is 0 Å². The molecule has 0 amide bonds. The van der Waals surface area contributed by atoms with Crippen molar-refractivity contribution in [3.63, 3.8) is 0 Å². The molecular weight excluding hydrogens is 215 g/mol. The first-order valence-corrected chi connectivity index (χ1v) is 4.36. The van der Waals surface area contributed by atoms with Crippen LogP contribution in [0.5, 0.6) is 0 Å². The van der Waals surface area contributed by atoms with E-state index in [1.807, 2.05) is 0 Å². The van der Waals surface area contributed by atoms with Gasteiger partial charge in [0.1, 0.15) is 0 Å². The van der Waals surface area contributed by atoms with Crippen molar-refractivity contribution in [3.8, 4) is 0 Å². The summed E-state index contributed by atoms with van der Waals surface area (Å²) >= 11 is 2.46. The van der Waals surface area contributed by atoms with E-state index in [0.717, 1.165) is 16.8 Å². The summed E-state index contributed by atoms with van der Waals surface area (Å²) in [5.41, 5.74) is 0. The molecule has 8 heavy (non-hydrogen) atoms. The van der Waals surface area contributed by atoms with Gasteiger partial charge in [-0.15, -0.1) is 0 Å². The molecule has 1 fully saturated rings. The predicted molar refractivity (Wildman–Crippen MR) is 42.3 cm³/mol. The van der Waals surface area contributed by atoms with Crippen LogP contribution in [-0.2, 0) is 0 Å². The van der Waals surface area contributed by atoms with Gasteiger partial charge >= 0.3 is 0 Å². The maximum Gasteiger partial charge on any atom is 0.0541 e. The van der Waals surface area contributed by atoms with Gasteiger partial charge in [0, 0.05) is 3.92 Å². The second-order valence-corrected chi connectivity index (χ2v) is 4.17. The van der Waals surface area contributed by atoms with Crippen LogP contribution in [0.15, 0.2) is 0 Å². The number of aliphatic hydroxyl groups is 1. The standard InChI is InChI=1S/C6H11IO/c7-5-1-3-6(8)4-2-5/h5-6,8H,1-4H2. The molecular formula is C6H11IO. The molecule has 1 aliphatic rings. The molecule has 0 spiro atoms. The summed E-state index contributed by atoms with van der Waals surface area (Å²) in [5.74, 6) is 0. The SMILES string of the molecule is OC1CCC(I)CC1. The zero-order valence-corrected chi connectivity index (χ0v) is 6.97. The van der Waals surface area contributed by atoms with E-state index >= 15 is 0 Å². The Morgan fingerprint density at radius 2 is 1.62 bits per heavy atom. The summed E-state index contributed by atoms with van der Waals surface area (Å²) in [4.78, 5) is 0. The van der Waals surface area contributed by atoms with Gasteiger partial charge in [0.05, 0.1) is 6.10 Å². The molecule has 0 aliphatic heterocycles. The van der Waals surface area contributed by atoms with E-state index in [0.29, 0.717) is 0 Å².